The average Bonchev–Trinajstić information content (AvgIpc) is 2.70. The molecule has 0 fully saturated rings. The van der Waals surface area contributed by atoms with Crippen molar-refractivity contribution in [2.75, 3.05) is 5.32 Å². The van der Waals surface area contributed by atoms with Crippen molar-refractivity contribution < 1.29 is 14.3 Å². The second-order valence-electron chi connectivity index (χ2n) is 7.27. The van der Waals surface area contributed by atoms with Crippen LogP contribution in [0.3, 0.4) is 0 Å². The monoisotopic (exact) mass is 407 g/mol. The van der Waals surface area contributed by atoms with Crippen LogP contribution in [0.5, 0.6) is 0 Å². The Kier molecular flexibility index (Phi) is 6.61. The average molecular weight is 407 g/mol. The van der Waals surface area contributed by atoms with Crippen LogP contribution in [0.4, 0.5) is 5.69 Å². The molecule has 1 amide bonds. The molecule has 1 aromatic heterocycles. The SMILES string of the molecule is Cc1cccc(C)c1NC(=O)[C@H](C)OC(=O)CCCc1nc2ccccc2c(=O)[nH]1. The maximum atomic E-state index is 12.4. The van der Waals surface area contributed by atoms with Crippen LogP contribution < -0.4 is 10.9 Å². The van der Waals surface area contributed by atoms with Gasteiger partial charge in [-0.15, -0.1) is 0 Å². The number of hydrogen-bond donors (Lipinski definition) is 2. The summed E-state index contributed by atoms with van der Waals surface area (Å²) in [6.07, 6.45) is 0.0937. The van der Waals surface area contributed by atoms with Gasteiger partial charge in [-0.05, 0) is 50.5 Å². The van der Waals surface area contributed by atoms with E-state index in [0.717, 1.165) is 16.8 Å². The minimum atomic E-state index is -0.907. The molecular weight excluding hydrogens is 382 g/mol. The van der Waals surface area contributed by atoms with Crippen molar-refractivity contribution in [1.29, 1.82) is 0 Å². The Morgan fingerprint density at radius 1 is 1.10 bits per heavy atom. The van der Waals surface area contributed by atoms with Gasteiger partial charge in [0.05, 0.1) is 10.9 Å². The highest BCUT2D eigenvalue weighted by Crippen LogP contribution is 2.20. The summed E-state index contributed by atoms with van der Waals surface area (Å²) >= 11 is 0. The molecule has 30 heavy (non-hydrogen) atoms. The highest BCUT2D eigenvalue weighted by molar-refractivity contribution is 5.96. The number of anilines is 1. The van der Waals surface area contributed by atoms with Gasteiger partial charge in [0.15, 0.2) is 6.10 Å². The Morgan fingerprint density at radius 3 is 2.53 bits per heavy atom. The van der Waals surface area contributed by atoms with Crippen LogP contribution in [-0.4, -0.2) is 27.9 Å². The molecule has 3 aromatic rings. The van der Waals surface area contributed by atoms with Gasteiger partial charge in [0.2, 0.25) is 0 Å². The number of H-pyrrole nitrogens is 1. The Labute approximate surface area is 174 Å². The fourth-order valence-electron chi connectivity index (χ4n) is 3.20. The van der Waals surface area contributed by atoms with Crippen LogP contribution in [0, 0.1) is 13.8 Å². The van der Waals surface area contributed by atoms with Gasteiger partial charge in [0, 0.05) is 18.5 Å². The lowest BCUT2D eigenvalue weighted by Crippen LogP contribution is -2.30. The summed E-state index contributed by atoms with van der Waals surface area (Å²) in [6.45, 7) is 5.36. The normalized spacial score (nSPS) is 11.8. The van der Waals surface area contributed by atoms with Crippen molar-refractivity contribution in [3.63, 3.8) is 0 Å². The third-order valence-electron chi connectivity index (χ3n) is 4.86. The zero-order chi connectivity index (χ0) is 21.7. The minimum absolute atomic E-state index is 0.123. The number of aromatic amines is 1. The molecule has 2 aromatic carbocycles. The molecule has 2 N–H and O–H groups in total. The summed E-state index contributed by atoms with van der Waals surface area (Å²) < 4.78 is 5.25. The van der Waals surface area contributed by atoms with Crippen LogP contribution in [0.2, 0.25) is 0 Å². The Balaban J connectivity index is 1.51. The summed E-state index contributed by atoms with van der Waals surface area (Å²) in [5.74, 6) is -0.323. The highest BCUT2D eigenvalue weighted by Gasteiger charge is 2.19. The number of esters is 1. The molecule has 1 atom stereocenters. The molecule has 0 aliphatic carbocycles. The van der Waals surface area contributed by atoms with E-state index in [4.69, 9.17) is 4.74 Å². The molecular formula is C23H25N3O4. The maximum Gasteiger partial charge on any atom is 0.306 e. The second kappa shape index (κ2) is 9.35. The Hall–Kier alpha value is -3.48. The molecule has 156 valence electrons. The van der Waals surface area contributed by atoms with Gasteiger partial charge in [-0.1, -0.05) is 30.3 Å². The zero-order valence-electron chi connectivity index (χ0n) is 17.3. The smallest absolute Gasteiger partial charge is 0.306 e. The van der Waals surface area contributed by atoms with Gasteiger partial charge in [0.1, 0.15) is 5.82 Å². The molecule has 0 spiro atoms. The van der Waals surface area contributed by atoms with Crippen molar-refractivity contribution in [2.45, 2.75) is 46.1 Å². The maximum absolute atomic E-state index is 12.4. The van der Waals surface area contributed by atoms with Crippen LogP contribution in [0.1, 0.15) is 36.7 Å². The molecule has 0 aliphatic rings. The van der Waals surface area contributed by atoms with Crippen molar-refractivity contribution in [2.24, 2.45) is 0 Å². The third kappa shape index (κ3) is 5.11. The van der Waals surface area contributed by atoms with Crippen molar-refractivity contribution in [3.8, 4) is 0 Å². The largest absolute Gasteiger partial charge is 0.453 e. The first kappa shape index (κ1) is 21.2. The van der Waals surface area contributed by atoms with E-state index in [0.29, 0.717) is 29.6 Å². The topological polar surface area (TPSA) is 101 Å². The quantitative estimate of drug-likeness (QED) is 0.584. The van der Waals surface area contributed by atoms with E-state index in [-0.39, 0.29) is 17.9 Å². The lowest BCUT2D eigenvalue weighted by molar-refractivity contribution is -0.153. The molecule has 3 rings (SSSR count). The lowest BCUT2D eigenvalue weighted by Gasteiger charge is -2.16. The summed E-state index contributed by atoms with van der Waals surface area (Å²) in [4.78, 5) is 43.7. The fraction of sp³-hybridized carbons (Fsp3) is 0.304. The number of amides is 1. The van der Waals surface area contributed by atoms with Crippen molar-refractivity contribution >= 4 is 28.5 Å². The number of nitrogens with one attached hydrogen (secondary N) is 2. The number of carbonyl (C=O) groups is 2. The van der Waals surface area contributed by atoms with Gasteiger partial charge in [-0.3, -0.25) is 14.4 Å². The first-order chi connectivity index (χ1) is 14.3. The van der Waals surface area contributed by atoms with Crippen LogP contribution in [-0.2, 0) is 20.7 Å². The highest BCUT2D eigenvalue weighted by atomic mass is 16.5. The molecule has 7 nitrogen and oxygen atoms in total. The van der Waals surface area contributed by atoms with Gasteiger partial charge < -0.3 is 15.0 Å². The van der Waals surface area contributed by atoms with E-state index in [1.54, 1.807) is 25.1 Å². The lowest BCUT2D eigenvalue weighted by atomic mass is 10.1. The number of para-hydroxylation sites is 2. The van der Waals surface area contributed by atoms with E-state index in [1.165, 1.54) is 0 Å². The summed E-state index contributed by atoms with van der Waals surface area (Å²) in [5, 5.41) is 3.35. The van der Waals surface area contributed by atoms with E-state index >= 15 is 0 Å². The van der Waals surface area contributed by atoms with Crippen LogP contribution in [0.25, 0.3) is 10.9 Å². The molecule has 1 heterocycles. The number of carbonyl (C=O) groups excluding carboxylic acids is 2. The Morgan fingerprint density at radius 2 is 1.80 bits per heavy atom. The van der Waals surface area contributed by atoms with E-state index in [2.05, 4.69) is 15.3 Å². The summed E-state index contributed by atoms with van der Waals surface area (Å²) in [7, 11) is 0. The molecule has 0 bridgehead atoms. The van der Waals surface area contributed by atoms with E-state index in [9.17, 15) is 14.4 Å². The first-order valence-corrected chi connectivity index (χ1v) is 9.89. The van der Waals surface area contributed by atoms with Gasteiger partial charge >= 0.3 is 5.97 Å². The number of benzene rings is 2. The first-order valence-electron chi connectivity index (χ1n) is 9.89. The summed E-state index contributed by atoms with van der Waals surface area (Å²) in [6, 6.07) is 12.8. The van der Waals surface area contributed by atoms with Gasteiger partial charge in [-0.25, -0.2) is 4.98 Å². The number of rotatable bonds is 7. The van der Waals surface area contributed by atoms with E-state index in [1.807, 2.05) is 38.1 Å². The third-order valence-corrected chi connectivity index (χ3v) is 4.86. The van der Waals surface area contributed by atoms with Gasteiger partial charge in [-0.2, -0.15) is 0 Å². The number of ether oxygens (including phenoxy) is 1. The number of hydrogen-bond acceptors (Lipinski definition) is 5. The van der Waals surface area contributed by atoms with Crippen molar-refractivity contribution in [3.05, 3.63) is 69.8 Å². The van der Waals surface area contributed by atoms with Crippen LogP contribution in [0.15, 0.2) is 47.3 Å². The predicted molar refractivity (Wildman–Crippen MR) is 115 cm³/mol. The minimum Gasteiger partial charge on any atom is -0.453 e. The molecule has 0 radical (unpaired) electrons. The van der Waals surface area contributed by atoms with Gasteiger partial charge in [0.25, 0.3) is 11.5 Å². The second-order valence-corrected chi connectivity index (χ2v) is 7.27. The van der Waals surface area contributed by atoms with Crippen LogP contribution >= 0.6 is 0 Å². The molecule has 7 heteroatoms. The van der Waals surface area contributed by atoms with Crippen molar-refractivity contribution in [1.82, 2.24) is 9.97 Å². The molecule has 0 unspecified atom stereocenters. The number of aryl methyl sites for hydroxylation is 3. The standard InChI is InChI=1S/C23H25N3O4/c1-14-8-6-9-15(2)21(14)26-22(28)16(3)30-20(27)13-7-12-19-24-18-11-5-4-10-17(18)23(29)25-19/h4-6,8-11,16H,7,12-13H2,1-3H3,(H,26,28)(H,24,25,29)/t16-/m0/s1. The number of nitrogens with zero attached hydrogens (tertiary/aromatic N) is 1. The number of fused-ring (bicyclic) bond motifs is 1. The molecule has 0 saturated heterocycles. The molecule has 0 saturated carbocycles. The summed E-state index contributed by atoms with van der Waals surface area (Å²) in [5.41, 5.74) is 3.04. The van der Waals surface area contributed by atoms with E-state index < -0.39 is 12.1 Å². The Bertz CT molecular complexity index is 1120. The predicted octanol–water partition coefficient (Wildman–Crippen LogP) is 3.43. The zero-order valence-corrected chi connectivity index (χ0v) is 17.3. The number of aromatic nitrogens is 2. The molecule has 0 aliphatic heterocycles. The fourth-order valence-corrected chi connectivity index (χ4v) is 3.20.